The molecule has 6 nitrogen and oxygen atoms in total. The zero-order valence-corrected chi connectivity index (χ0v) is 14.2. The number of rotatable bonds is 4. The molecule has 0 radical (unpaired) electrons. The van der Waals surface area contributed by atoms with Gasteiger partial charge in [0.05, 0.1) is 24.5 Å². The minimum Gasteiger partial charge on any atom is -0.471 e. The summed E-state index contributed by atoms with van der Waals surface area (Å²) in [5, 5.41) is 0. The maximum Gasteiger partial charge on any atom is 0.257 e. The zero-order valence-electron chi connectivity index (χ0n) is 14.2. The molecule has 1 atom stereocenters. The molecule has 1 aliphatic heterocycles. The summed E-state index contributed by atoms with van der Waals surface area (Å²) >= 11 is 0. The Morgan fingerprint density at radius 2 is 2.00 bits per heavy atom. The first-order valence-electron chi connectivity index (χ1n) is 7.95. The van der Waals surface area contributed by atoms with Crippen LogP contribution >= 0.6 is 0 Å². The summed E-state index contributed by atoms with van der Waals surface area (Å²) in [6, 6.07) is 1.67. The molecule has 0 saturated carbocycles. The average molecular weight is 366 g/mol. The van der Waals surface area contributed by atoms with Crippen LogP contribution in [-0.2, 0) is 0 Å². The van der Waals surface area contributed by atoms with E-state index in [1.807, 2.05) is 14.1 Å². The van der Waals surface area contributed by atoms with Gasteiger partial charge in [-0.3, -0.25) is 9.78 Å². The fourth-order valence-electron chi connectivity index (χ4n) is 2.65. The number of likely N-dealkylation sites (tertiary alicyclic amines) is 1. The number of hydrogen-bond acceptors (Lipinski definition) is 5. The van der Waals surface area contributed by atoms with Gasteiger partial charge >= 0.3 is 0 Å². The molecule has 0 N–H and O–H groups in total. The Morgan fingerprint density at radius 1 is 1.23 bits per heavy atom. The summed E-state index contributed by atoms with van der Waals surface area (Å²) in [5.41, 5.74) is -0.501. The first kappa shape index (κ1) is 18.0. The lowest BCUT2D eigenvalue weighted by molar-refractivity contribution is 0.0765. The molecule has 2 aromatic rings. The molecule has 1 aliphatic rings. The minimum atomic E-state index is -1.65. The number of amides is 1. The van der Waals surface area contributed by atoms with Crippen molar-refractivity contribution in [3.63, 3.8) is 0 Å². The van der Waals surface area contributed by atoms with Gasteiger partial charge in [0, 0.05) is 27.1 Å². The summed E-state index contributed by atoms with van der Waals surface area (Å²) in [5.74, 6) is -4.24. The van der Waals surface area contributed by atoms with Crippen LogP contribution in [0.3, 0.4) is 0 Å². The third-order valence-electron chi connectivity index (χ3n) is 4.04. The van der Waals surface area contributed by atoms with Crippen molar-refractivity contribution in [1.82, 2.24) is 14.9 Å². The van der Waals surface area contributed by atoms with Crippen LogP contribution in [0.5, 0.6) is 5.88 Å². The number of halogens is 3. The lowest BCUT2D eigenvalue weighted by atomic mass is 10.1. The number of hydrogen-bond donors (Lipinski definition) is 0. The maximum atomic E-state index is 13.8. The predicted octanol–water partition coefficient (Wildman–Crippen LogP) is 2.25. The molecule has 138 valence electrons. The molecule has 0 aliphatic carbocycles. The van der Waals surface area contributed by atoms with Gasteiger partial charge < -0.3 is 14.5 Å². The summed E-state index contributed by atoms with van der Waals surface area (Å²) in [6.07, 6.45) is 3.21. The van der Waals surface area contributed by atoms with Gasteiger partial charge in [-0.15, -0.1) is 0 Å². The number of carbonyl (C=O) groups excluding carboxylic acids is 1. The fraction of sp³-hybridized carbons (Fsp3) is 0.353. The van der Waals surface area contributed by atoms with E-state index in [9.17, 15) is 18.0 Å². The molecule has 1 unspecified atom stereocenters. The molecule has 1 saturated heterocycles. The van der Waals surface area contributed by atoms with Crippen molar-refractivity contribution in [2.75, 3.05) is 32.1 Å². The number of nitrogens with zero attached hydrogens (tertiary/aromatic N) is 4. The van der Waals surface area contributed by atoms with Crippen molar-refractivity contribution < 1.29 is 22.7 Å². The van der Waals surface area contributed by atoms with Crippen LogP contribution in [-0.4, -0.2) is 54.1 Å². The molecule has 9 heteroatoms. The van der Waals surface area contributed by atoms with Crippen molar-refractivity contribution >= 4 is 11.7 Å². The van der Waals surface area contributed by atoms with Gasteiger partial charge in [0.15, 0.2) is 23.3 Å². The van der Waals surface area contributed by atoms with Crippen molar-refractivity contribution in [3.05, 3.63) is 47.5 Å². The quantitative estimate of drug-likeness (QED) is 0.777. The molecule has 3 rings (SSSR count). The molecule has 1 aromatic carbocycles. The third kappa shape index (κ3) is 3.56. The Labute approximate surface area is 148 Å². The van der Waals surface area contributed by atoms with Gasteiger partial charge in [-0.2, -0.15) is 4.98 Å². The van der Waals surface area contributed by atoms with Gasteiger partial charge in [-0.1, -0.05) is 0 Å². The molecule has 1 aromatic heterocycles. The summed E-state index contributed by atoms with van der Waals surface area (Å²) < 4.78 is 45.9. The van der Waals surface area contributed by atoms with Crippen LogP contribution in [0.1, 0.15) is 16.8 Å². The van der Waals surface area contributed by atoms with Crippen LogP contribution in [0.15, 0.2) is 24.5 Å². The highest BCUT2D eigenvalue weighted by molar-refractivity contribution is 5.94. The molecule has 1 amide bonds. The molecule has 0 spiro atoms. The highest BCUT2D eigenvalue weighted by Gasteiger charge is 2.31. The second-order valence-corrected chi connectivity index (χ2v) is 6.11. The normalized spacial score (nSPS) is 16.7. The van der Waals surface area contributed by atoms with E-state index in [2.05, 4.69) is 9.97 Å². The summed E-state index contributed by atoms with van der Waals surface area (Å²) in [4.78, 5) is 23.8. The molecule has 1 fully saturated rings. The zero-order chi connectivity index (χ0) is 18.8. The molecular weight excluding hydrogens is 349 g/mol. The highest BCUT2D eigenvalue weighted by atomic mass is 19.2. The van der Waals surface area contributed by atoms with E-state index in [0.29, 0.717) is 24.7 Å². The Bertz CT molecular complexity index is 832. The Hall–Kier alpha value is -2.84. The smallest absolute Gasteiger partial charge is 0.257 e. The molecule has 0 bridgehead atoms. The van der Waals surface area contributed by atoms with E-state index in [1.165, 1.54) is 11.1 Å². The van der Waals surface area contributed by atoms with Crippen molar-refractivity contribution in [3.8, 4) is 5.88 Å². The Morgan fingerprint density at radius 3 is 2.73 bits per heavy atom. The number of aromatic nitrogens is 2. The monoisotopic (exact) mass is 366 g/mol. The summed E-state index contributed by atoms with van der Waals surface area (Å²) in [7, 11) is 3.64. The van der Waals surface area contributed by atoms with Crippen LogP contribution < -0.4 is 9.64 Å². The summed E-state index contributed by atoms with van der Waals surface area (Å²) in [6.45, 7) is 0.494. The second kappa shape index (κ2) is 7.19. The van der Waals surface area contributed by atoms with Gasteiger partial charge in [0.1, 0.15) is 6.10 Å². The van der Waals surface area contributed by atoms with Gasteiger partial charge in [0.2, 0.25) is 5.88 Å². The Kier molecular flexibility index (Phi) is 4.97. The third-order valence-corrected chi connectivity index (χ3v) is 4.04. The first-order chi connectivity index (χ1) is 12.4. The first-order valence-corrected chi connectivity index (χ1v) is 7.95. The minimum absolute atomic E-state index is 0.186. The number of benzene rings is 1. The number of anilines is 1. The van der Waals surface area contributed by atoms with Crippen molar-refractivity contribution in [2.45, 2.75) is 12.5 Å². The van der Waals surface area contributed by atoms with Gasteiger partial charge in [0.25, 0.3) is 5.91 Å². The standard InChI is InChI=1S/C17H17F3N4O2/c1-23(2)13-7-21-8-14(22-13)26-10-5-6-24(9-10)17(25)11-3-4-12(18)16(20)15(11)19/h3-4,7-8,10H,5-6,9H2,1-2H3. The second-order valence-electron chi connectivity index (χ2n) is 6.11. The van der Waals surface area contributed by atoms with Crippen LogP contribution in [0.4, 0.5) is 19.0 Å². The van der Waals surface area contributed by atoms with E-state index in [-0.39, 0.29) is 12.6 Å². The van der Waals surface area contributed by atoms with E-state index in [4.69, 9.17) is 4.74 Å². The van der Waals surface area contributed by atoms with E-state index in [0.717, 1.165) is 12.1 Å². The van der Waals surface area contributed by atoms with Crippen LogP contribution in [0.2, 0.25) is 0 Å². The largest absolute Gasteiger partial charge is 0.471 e. The van der Waals surface area contributed by atoms with Crippen LogP contribution in [0.25, 0.3) is 0 Å². The predicted molar refractivity (Wildman–Crippen MR) is 87.6 cm³/mol. The number of carbonyl (C=O) groups is 1. The average Bonchev–Trinajstić information content (AvgIpc) is 3.08. The molecular formula is C17H17F3N4O2. The lowest BCUT2D eigenvalue weighted by Gasteiger charge is -2.18. The molecule has 2 heterocycles. The van der Waals surface area contributed by atoms with Crippen LogP contribution in [0, 0.1) is 17.5 Å². The Balaban J connectivity index is 1.68. The van der Waals surface area contributed by atoms with Gasteiger partial charge in [-0.25, -0.2) is 13.2 Å². The molecule has 26 heavy (non-hydrogen) atoms. The van der Waals surface area contributed by atoms with E-state index >= 15 is 0 Å². The van der Waals surface area contributed by atoms with E-state index in [1.54, 1.807) is 11.1 Å². The fourth-order valence-corrected chi connectivity index (χ4v) is 2.65. The highest BCUT2D eigenvalue weighted by Crippen LogP contribution is 2.22. The van der Waals surface area contributed by atoms with E-state index < -0.39 is 28.9 Å². The number of ether oxygens (including phenoxy) is 1. The lowest BCUT2D eigenvalue weighted by Crippen LogP contribution is -2.32. The van der Waals surface area contributed by atoms with Crippen molar-refractivity contribution in [2.24, 2.45) is 0 Å². The topological polar surface area (TPSA) is 58.6 Å². The van der Waals surface area contributed by atoms with Crippen molar-refractivity contribution in [1.29, 1.82) is 0 Å². The SMILES string of the molecule is CN(C)c1cncc(OC2CCN(C(=O)c3ccc(F)c(F)c3F)C2)n1. The maximum absolute atomic E-state index is 13.8. The van der Waals surface area contributed by atoms with Gasteiger partial charge in [-0.05, 0) is 12.1 Å².